The number of para-hydroxylation sites is 1. The van der Waals surface area contributed by atoms with Gasteiger partial charge in [0.25, 0.3) is 0 Å². The Labute approximate surface area is 135 Å². The van der Waals surface area contributed by atoms with Crippen molar-refractivity contribution in [2.24, 2.45) is 5.92 Å². The summed E-state index contributed by atoms with van der Waals surface area (Å²) in [6, 6.07) is 7.89. The van der Waals surface area contributed by atoms with Gasteiger partial charge < -0.3 is 14.6 Å². The van der Waals surface area contributed by atoms with Crippen LogP contribution in [0.2, 0.25) is 0 Å². The van der Waals surface area contributed by atoms with Crippen molar-refractivity contribution in [3.8, 4) is 6.07 Å². The van der Waals surface area contributed by atoms with E-state index in [2.05, 4.69) is 18.3 Å². The standard InChI is InChI=1S/C18H21N3O2/c1-3-16-12(2)14-7-4-8-15(17(14)23-16)20-18(22)21-9-5-6-13(10-19)11-21/h4,7-8,13H,3,5-6,9,11H2,1-2H3,(H,20,22)/t13-/m0/s1. The van der Waals surface area contributed by atoms with E-state index >= 15 is 0 Å². The zero-order chi connectivity index (χ0) is 16.4. The summed E-state index contributed by atoms with van der Waals surface area (Å²) in [5.74, 6) is 0.882. The van der Waals surface area contributed by atoms with Gasteiger partial charge in [0.1, 0.15) is 5.76 Å². The molecule has 5 heteroatoms. The van der Waals surface area contributed by atoms with Crippen LogP contribution in [0.4, 0.5) is 10.5 Å². The summed E-state index contributed by atoms with van der Waals surface area (Å²) < 4.78 is 5.92. The Balaban J connectivity index is 1.84. The highest BCUT2D eigenvalue weighted by molar-refractivity contribution is 6.00. The number of carbonyl (C=O) groups excluding carboxylic acids is 1. The van der Waals surface area contributed by atoms with Gasteiger partial charge in [-0.1, -0.05) is 19.1 Å². The van der Waals surface area contributed by atoms with Crippen molar-refractivity contribution in [3.05, 3.63) is 29.5 Å². The van der Waals surface area contributed by atoms with Crippen molar-refractivity contribution in [3.63, 3.8) is 0 Å². The lowest BCUT2D eigenvalue weighted by Gasteiger charge is -2.29. The number of piperidine rings is 1. The molecule has 1 atom stereocenters. The lowest BCUT2D eigenvalue weighted by molar-refractivity contribution is 0.189. The molecule has 23 heavy (non-hydrogen) atoms. The molecule has 0 aliphatic carbocycles. The fourth-order valence-corrected chi connectivity index (χ4v) is 3.19. The molecule has 1 fully saturated rings. The number of likely N-dealkylation sites (tertiary alicyclic amines) is 1. The molecular formula is C18H21N3O2. The summed E-state index contributed by atoms with van der Waals surface area (Å²) in [6.07, 6.45) is 2.56. The fourth-order valence-electron chi connectivity index (χ4n) is 3.19. The minimum absolute atomic E-state index is 0.0668. The van der Waals surface area contributed by atoms with E-state index in [0.717, 1.165) is 41.6 Å². The number of aryl methyl sites for hydroxylation is 2. The predicted molar refractivity (Wildman–Crippen MR) is 89.3 cm³/mol. The van der Waals surface area contributed by atoms with Crippen LogP contribution in [0.25, 0.3) is 11.0 Å². The summed E-state index contributed by atoms with van der Waals surface area (Å²) in [5.41, 5.74) is 2.54. The number of fused-ring (bicyclic) bond motifs is 1. The third-order valence-corrected chi connectivity index (χ3v) is 4.52. The number of carbonyl (C=O) groups is 1. The molecule has 1 aliphatic heterocycles. The Kier molecular flexibility index (Phi) is 4.24. The van der Waals surface area contributed by atoms with Crippen molar-refractivity contribution in [2.45, 2.75) is 33.1 Å². The summed E-state index contributed by atoms with van der Waals surface area (Å²) >= 11 is 0. The molecule has 2 aromatic rings. The highest BCUT2D eigenvalue weighted by Crippen LogP contribution is 2.31. The maximum absolute atomic E-state index is 12.5. The number of anilines is 1. The number of rotatable bonds is 2. The van der Waals surface area contributed by atoms with Crippen molar-refractivity contribution < 1.29 is 9.21 Å². The SMILES string of the molecule is CCc1oc2c(NC(=O)N3CCC[C@@H](C#N)C3)cccc2c1C. The second-order valence-electron chi connectivity index (χ2n) is 6.03. The summed E-state index contributed by atoms with van der Waals surface area (Å²) in [6.45, 7) is 5.28. The highest BCUT2D eigenvalue weighted by Gasteiger charge is 2.24. The van der Waals surface area contributed by atoms with Gasteiger partial charge in [0, 0.05) is 24.9 Å². The number of nitriles is 1. The number of amides is 2. The maximum Gasteiger partial charge on any atom is 0.321 e. The van der Waals surface area contributed by atoms with E-state index in [1.165, 1.54) is 0 Å². The number of furan rings is 1. The molecular weight excluding hydrogens is 290 g/mol. The molecule has 3 rings (SSSR count). The summed E-state index contributed by atoms with van der Waals surface area (Å²) in [5, 5.41) is 13.0. The van der Waals surface area contributed by atoms with E-state index in [0.29, 0.717) is 18.8 Å². The number of nitrogens with zero attached hydrogens (tertiary/aromatic N) is 2. The molecule has 2 heterocycles. The number of nitrogens with one attached hydrogen (secondary N) is 1. The van der Waals surface area contributed by atoms with Gasteiger partial charge in [-0.3, -0.25) is 0 Å². The number of benzene rings is 1. The molecule has 1 saturated heterocycles. The van der Waals surface area contributed by atoms with E-state index in [4.69, 9.17) is 9.68 Å². The van der Waals surface area contributed by atoms with E-state index < -0.39 is 0 Å². The Morgan fingerprint density at radius 3 is 3.09 bits per heavy atom. The fraction of sp³-hybridized carbons (Fsp3) is 0.444. The zero-order valence-electron chi connectivity index (χ0n) is 13.6. The topological polar surface area (TPSA) is 69.3 Å². The Morgan fingerprint density at radius 2 is 2.35 bits per heavy atom. The average molecular weight is 311 g/mol. The van der Waals surface area contributed by atoms with E-state index in [9.17, 15) is 4.79 Å². The van der Waals surface area contributed by atoms with E-state index in [1.54, 1.807) is 4.90 Å². The average Bonchev–Trinajstić information content (AvgIpc) is 2.92. The minimum Gasteiger partial charge on any atom is -0.459 e. The Morgan fingerprint density at radius 1 is 1.52 bits per heavy atom. The van der Waals surface area contributed by atoms with Crippen LogP contribution >= 0.6 is 0 Å². The van der Waals surface area contributed by atoms with Crippen LogP contribution in [0, 0.1) is 24.2 Å². The molecule has 1 N–H and O–H groups in total. The first-order valence-corrected chi connectivity index (χ1v) is 8.10. The minimum atomic E-state index is -0.162. The Hall–Kier alpha value is -2.48. The molecule has 0 spiro atoms. The van der Waals surface area contributed by atoms with Crippen molar-refractivity contribution in [2.75, 3.05) is 18.4 Å². The third kappa shape index (κ3) is 2.89. The lowest BCUT2D eigenvalue weighted by Crippen LogP contribution is -2.42. The van der Waals surface area contributed by atoms with Gasteiger partial charge in [-0.15, -0.1) is 0 Å². The molecule has 0 saturated carbocycles. The monoisotopic (exact) mass is 311 g/mol. The normalized spacial score (nSPS) is 18.0. The molecule has 0 bridgehead atoms. The van der Waals surface area contributed by atoms with Crippen LogP contribution in [0.5, 0.6) is 0 Å². The zero-order valence-corrected chi connectivity index (χ0v) is 13.6. The summed E-state index contributed by atoms with van der Waals surface area (Å²) in [4.78, 5) is 14.2. The van der Waals surface area contributed by atoms with Crippen molar-refractivity contribution in [1.29, 1.82) is 5.26 Å². The predicted octanol–water partition coefficient (Wildman–Crippen LogP) is 4.07. The van der Waals surface area contributed by atoms with Gasteiger partial charge in [-0.2, -0.15) is 5.26 Å². The first-order chi connectivity index (χ1) is 11.1. The molecule has 1 aromatic carbocycles. The van der Waals surface area contributed by atoms with Gasteiger partial charge >= 0.3 is 6.03 Å². The van der Waals surface area contributed by atoms with Crippen LogP contribution in [0.1, 0.15) is 31.1 Å². The summed E-state index contributed by atoms with van der Waals surface area (Å²) in [7, 11) is 0. The van der Waals surface area contributed by atoms with E-state index in [-0.39, 0.29) is 11.9 Å². The highest BCUT2D eigenvalue weighted by atomic mass is 16.3. The van der Waals surface area contributed by atoms with Crippen molar-refractivity contribution >= 4 is 22.7 Å². The van der Waals surface area contributed by atoms with Crippen LogP contribution < -0.4 is 5.32 Å². The number of hydrogen-bond acceptors (Lipinski definition) is 3. The molecule has 5 nitrogen and oxygen atoms in total. The van der Waals surface area contributed by atoms with Crippen LogP contribution in [-0.4, -0.2) is 24.0 Å². The lowest BCUT2D eigenvalue weighted by atomic mass is 10.0. The van der Waals surface area contributed by atoms with E-state index in [1.807, 2.05) is 25.1 Å². The smallest absolute Gasteiger partial charge is 0.321 e. The van der Waals surface area contributed by atoms with Crippen LogP contribution in [0.3, 0.4) is 0 Å². The van der Waals surface area contributed by atoms with Gasteiger partial charge in [0.15, 0.2) is 5.58 Å². The van der Waals surface area contributed by atoms with Gasteiger partial charge in [-0.25, -0.2) is 4.79 Å². The first kappa shape index (κ1) is 15.4. The number of urea groups is 1. The maximum atomic E-state index is 12.5. The molecule has 2 amide bonds. The van der Waals surface area contributed by atoms with Crippen molar-refractivity contribution in [1.82, 2.24) is 4.90 Å². The largest absolute Gasteiger partial charge is 0.459 e. The second-order valence-corrected chi connectivity index (χ2v) is 6.03. The van der Waals surface area contributed by atoms with Crippen LogP contribution in [0.15, 0.2) is 22.6 Å². The molecule has 0 radical (unpaired) electrons. The molecule has 1 aliphatic rings. The second kappa shape index (κ2) is 6.33. The molecule has 0 unspecified atom stereocenters. The van der Waals surface area contributed by atoms with Gasteiger partial charge in [0.05, 0.1) is 17.7 Å². The molecule has 1 aromatic heterocycles. The van der Waals surface area contributed by atoms with Gasteiger partial charge in [-0.05, 0) is 31.4 Å². The molecule has 120 valence electrons. The van der Waals surface area contributed by atoms with Crippen LogP contribution in [-0.2, 0) is 6.42 Å². The first-order valence-electron chi connectivity index (χ1n) is 8.10. The van der Waals surface area contributed by atoms with Gasteiger partial charge in [0.2, 0.25) is 0 Å². The third-order valence-electron chi connectivity index (χ3n) is 4.52. The quantitative estimate of drug-likeness (QED) is 0.909. The number of hydrogen-bond donors (Lipinski definition) is 1. The Bertz CT molecular complexity index is 772.